The molecule has 2 heterocycles. The van der Waals surface area contributed by atoms with E-state index in [1.807, 2.05) is 0 Å². The SMILES string of the molecule is Nc1ccc(F)cc1C(=O)c1c[nH]c2ccncc12. The van der Waals surface area contributed by atoms with Crippen LogP contribution in [0.25, 0.3) is 10.9 Å². The van der Waals surface area contributed by atoms with Gasteiger partial charge in [-0.25, -0.2) is 4.39 Å². The van der Waals surface area contributed by atoms with Crippen molar-refractivity contribution in [1.82, 2.24) is 9.97 Å². The lowest BCUT2D eigenvalue weighted by Gasteiger charge is -2.04. The maximum Gasteiger partial charge on any atom is 0.197 e. The average Bonchev–Trinajstić information content (AvgIpc) is 2.84. The van der Waals surface area contributed by atoms with Crippen molar-refractivity contribution >= 4 is 22.4 Å². The fourth-order valence-electron chi connectivity index (χ4n) is 2.02. The van der Waals surface area contributed by atoms with E-state index in [2.05, 4.69) is 9.97 Å². The summed E-state index contributed by atoms with van der Waals surface area (Å²) in [7, 11) is 0. The summed E-state index contributed by atoms with van der Waals surface area (Å²) in [6.07, 6.45) is 4.80. The minimum Gasteiger partial charge on any atom is -0.398 e. The van der Waals surface area contributed by atoms with Gasteiger partial charge in [-0.2, -0.15) is 0 Å². The van der Waals surface area contributed by atoms with E-state index in [4.69, 9.17) is 5.73 Å². The standard InChI is InChI=1S/C14H10FN3O/c15-8-1-2-12(16)9(5-8)14(19)11-7-18-13-3-4-17-6-10(11)13/h1-7,18H,16H2. The van der Waals surface area contributed by atoms with Gasteiger partial charge in [-0.3, -0.25) is 9.78 Å². The van der Waals surface area contributed by atoms with Crippen LogP contribution in [0, 0.1) is 5.82 Å². The molecular weight excluding hydrogens is 245 g/mol. The van der Waals surface area contributed by atoms with Gasteiger partial charge < -0.3 is 10.7 Å². The number of nitrogens with two attached hydrogens (primary N) is 1. The molecule has 0 radical (unpaired) electrons. The molecule has 0 aliphatic rings. The lowest BCUT2D eigenvalue weighted by molar-refractivity contribution is 0.104. The van der Waals surface area contributed by atoms with Crippen LogP contribution < -0.4 is 5.73 Å². The second kappa shape index (κ2) is 4.20. The quantitative estimate of drug-likeness (QED) is 0.546. The van der Waals surface area contributed by atoms with Crippen LogP contribution in [0.2, 0.25) is 0 Å². The van der Waals surface area contributed by atoms with Crippen LogP contribution in [0.1, 0.15) is 15.9 Å². The molecule has 0 saturated heterocycles. The summed E-state index contributed by atoms with van der Waals surface area (Å²) in [5, 5.41) is 0.691. The number of halogens is 1. The van der Waals surface area contributed by atoms with Gasteiger partial charge in [0.15, 0.2) is 5.78 Å². The molecule has 3 rings (SSSR count). The number of hydrogen-bond acceptors (Lipinski definition) is 3. The van der Waals surface area contributed by atoms with Crippen molar-refractivity contribution in [2.45, 2.75) is 0 Å². The van der Waals surface area contributed by atoms with Crippen LogP contribution in [0.5, 0.6) is 0 Å². The molecule has 3 aromatic rings. The Balaban J connectivity index is 2.16. The first-order valence-corrected chi connectivity index (χ1v) is 5.67. The third kappa shape index (κ3) is 1.85. The molecule has 0 saturated carbocycles. The topological polar surface area (TPSA) is 71.8 Å². The number of nitrogens with zero attached hydrogens (tertiary/aromatic N) is 1. The van der Waals surface area contributed by atoms with Crippen molar-refractivity contribution in [3.05, 3.63) is 59.8 Å². The van der Waals surface area contributed by atoms with Gasteiger partial charge in [-0.05, 0) is 24.3 Å². The van der Waals surface area contributed by atoms with Gasteiger partial charge in [-0.1, -0.05) is 0 Å². The number of benzene rings is 1. The molecule has 0 fully saturated rings. The van der Waals surface area contributed by atoms with Gasteiger partial charge in [0.25, 0.3) is 0 Å². The van der Waals surface area contributed by atoms with E-state index in [1.165, 1.54) is 12.1 Å². The molecule has 0 spiro atoms. The molecule has 19 heavy (non-hydrogen) atoms. The van der Waals surface area contributed by atoms with Crippen molar-refractivity contribution in [2.75, 3.05) is 5.73 Å². The molecule has 5 heteroatoms. The number of nitrogen functional groups attached to an aromatic ring is 1. The Morgan fingerprint density at radius 2 is 2.11 bits per heavy atom. The second-order valence-electron chi connectivity index (χ2n) is 4.18. The van der Waals surface area contributed by atoms with Crippen LogP contribution in [0.15, 0.2) is 42.9 Å². The van der Waals surface area contributed by atoms with E-state index in [0.717, 1.165) is 11.6 Å². The van der Waals surface area contributed by atoms with E-state index in [-0.39, 0.29) is 17.0 Å². The van der Waals surface area contributed by atoms with E-state index < -0.39 is 5.82 Å². The summed E-state index contributed by atoms with van der Waals surface area (Å²) >= 11 is 0. The molecule has 0 unspecified atom stereocenters. The number of aromatic amines is 1. The minimum absolute atomic E-state index is 0.157. The minimum atomic E-state index is -0.490. The van der Waals surface area contributed by atoms with Crippen LogP contribution >= 0.6 is 0 Å². The fourth-order valence-corrected chi connectivity index (χ4v) is 2.02. The number of carbonyl (C=O) groups is 1. The zero-order chi connectivity index (χ0) is 13.4. The number of aromatic nitrogens is 2. The number of nitrogens with one attached hydrogen (secondary N) is 1. The smallest absolute Gasteiger partial charge is 0.197 e. The Morgan fingerprint density at radius 1 is 1.26 bits per heavy atom. The van der Waals surface area contributed by atoms with E-state index in [9.17, 15) is 9.18 Å². The Hall–Kier alpha value is -2.69. The van der Waals surface area contributed by atoms with Gasteiger partial charge in [-0.15, -0.1) is 0 Å². The molecule has 0 aliphatic heterocycles. The highest BCUT2D eigenvalue weighted by Crippen LogP contribution is 2.23. The first kappa shape index (κ1) is 11.4. The second-order valence-corrected chi connectivity index (χ2v) is 4.18. The highest BCUT2D eigenvalue weighted by atomic mass is 19.1. The number of fused-ring (bicyclic) bond motifs is 1. The van der Waals surface area contributed by atoms with Crippen molar-refractivity contribution < 1.29 is 9.18 Å². The van der Waals surface area contributed by atoms with Gasteiger partial charge in [0.05, 0.1) is 0 Å². The molecule has 0 aliphatic carbocycles. The fraction of sp³-hybridized carbons (Fsp3) is 0. The number of ketones is 1. The normalized spacial score (nSPS) is 10.8. The number of pyridine rings is 1. The van der Waals surface area contributed by atoms with E-state index in [0.29, 0.717) is 10.9 Å². The van der Waals surface area contributed by atoms with Gasteiger partial charge in [0.1, 0.15) is 5.82 Å². The summed E-state index contributed by atoms with van der Waals surface area (Å²) < 4.78 is 13.2. The summed E-state index contributed by atoms with van der Waals surface area (Å²) in [6.45, 7) is 0. The predicted octanol–water partition coefficient (Wildman–Crippen LogP) is 2.52. The Labute approximate surface area is 108 Å². The predicted molar refractivity (Wildman–Crippen MR) is 70.3 cm³/mol. The largest absolute Gasteiger partial charge is 0.398 e. The Morgan fingerprint density at radius 3 is 2.95 bits per heavy atom. The molecule has 0 amide bonds. The highest BCUT2D eigenvalue weighted by Gasteiger charge is 2.17. The first-order chi connectivity index (χ1) is 9.16. The number of carbonyl (C=O) groups excluding carboxylic acids is 1. The first-order valence-electron chi connectivity index (χ1n) is 5.67. The molecule has 3 N–H and O–H groups in total. The lowest BCUT2D eigenvalue weighted by atomic mass is 10.0. The third-order valence-corrected chi connectivity index (χ3v) is 2.99. The van der Waals surface area contributed by atoms with Gasteiger partial charge in [0, 0.05) is 46.3 Å². The summed E-state index contributed by atoms with van der Waals surface area (Å²) in [6, 6.07) is 5.52. The maximum atomic E-state index is 13.2. The molecule has 1 aromatic carbocycles. The zero-order valence-electron chi connectivity index (χ0n) is 9.85. The van der Waals surface area contributed by atoms with Crippen molar-refractivity contribution in [3.8, 4) is 0 Å². The third-order valence-electron chi connectivity index (χ3n) is 2.99. The van der Waals surface area contributed by atoms with Crippen molar-refractivity contribution in [3.63, 3.8) is 0 Å². The van der Waals surface area contributed by atoms with Crippen molar-refractivity contribution in [1.29, 1.82) is 0 Å². The number of anilines is 1. The summed E-state index contributed by atoms with van der Waals surface area (Å²) in [4.78, 5) is 19.4. The average molecular weight is 255 g/mol. The molecule has 0 atom stereocenters. The maximum absolute atomic E-state index is 13.2. The molecule has 0 bridgehead atoms. The molecule has 94 valence electrons. The Kier molecular flexibility index (Phi) is 2.52. The monoisotopic (exact) mass is 255 g/mol. The Bertz CT molecular complexity index is 779. The summed E-state index contributed by atoms with van der Waals surface area (Å²) in [5.41, 5.74) is 7.37. The van der Waals surface area contributed by atoms with Gasteiger partial charge >= 0.3 is 0 Å². The van der Waals surface area contributed by atoms with Gasteiger partial charge in [0.2, 0.25) is 0 Å². The molecular formula is C14H10FN3O. The van der Waals surface area contributed by atoms with Crippen LogP contribution in [0.4, 0.5) is 10.1 Å². The number of rotatable bonds is 2. The number of hydrogen-bond donors (Lipinski definition) is 2. The number of H-pyrrole nitrogens is 1. The summed E-state index contributed by atoms with van der Waals surface area (Å²) in [5.74, 6) is -0.813. The van der Waals surface area contributed by atoms with E-state index >= 15 is 0 Å². The zero-order valence-corrected chi connectivity index (χ0v) is 9.85. The highest BCUT2D eigenvalue weighted by molar-refractivity contribution is 6.18. The van der Waals surface area contributed by atoms with E-state index in [1.54, 1.807) is 24.7 Å². The lowest BCUT2D eigenvalue weighted by Crippen LogP contribution is -2.05. The van der Waals surface area contributed by atoms with Crippen LogP contribution in [-0.4, -0.2) is 15.8 Å². The van der Waals surface area contributed by atoms with Crippen molar-refractivity contribution in [2.24, 2.45) is 0 Å². The van der Waals surface area contributed by atoms with Crippen LogP contribution in [-0.2, 0) is 0 Å². The van der Waals surface area contributed by atoms with Crippen LogP contribution in [0.3, 0.4) is 0 Å². The molecule has 2 aromatic heterocycles. The molecule has 4 nitrogen and oxygen atoms in total.